The second-order valence-electron chi connectivity index (χ2n) is 4.95. The van der Waals surface area contributed by atoms with Crippen molar-refractivity contribution >= 4 is 11.9 Å². The van der Waals surface area contributed by atoms with E-state index < -0.39 is 23.1 Å². The van der Waals surface area contributed by atoms with E-state index in [-0.39, 0.29) is 6.42 Å². The Kier molecular flexibility index (Phi) is 4.14. The summed E-state index contributed by atoms with van der Waals surface area (Å²) in [5, 5.41) is 0. The van der Waals surface area contributed by atoms with Gasteiger partial charge in [-0.2, -0.15) is 0 Å². The van der Waals surface area contributed by atoms with Crippen molar-refractivity contribution in [1.29, 1.82) is 0 Å². The van der Waals surface area contributed by atoms with Crippen LogP contribution in [0.25, 0.3) is 0 Å². The molecule has 0 saturated carbocycles. The standard InChI is InChI=1S/C12H20O5/c1-11(2)6-5-7-12(17-11,10(14)16-4)8-9(13)15-3/h5-8H2,1-4H3. The lowest BCUT2D eigenvalue weighted by Gasteiger charge is -2.42. The van der Waals surface area contributed by atoms with Gasteiger partial charge in [0.1, 0.15) is 0 Å². The molecule has 1 heterocycles. The van der Waals surface area contributed by atoms with Crippen molar-refractivity contribution in [2.75, 3.05) is 14.2 Å². The van der Waals surface area contributed by atoms with Crippen molar-refractivity contribution in [2.24, 2.45) is 0 Å². The van der Waals surface area contributed by atoms with Gasteiger partial charge in [-0.15, -0.1) is 0 Å². The Morgan fingerprint density at radius 2 is 1.82 bits per heavy atom. The molecule has 1 atom stereocenters. The van der Waals surface area contributed by atoms with E-state index in [1.54, 1.807) is 0 Å². The average molecular weight is 244 g/mol. The molecule has 0 spiro atoms. The summed E-state index contributed by atoms with van der Waals surface area (Å²) in [4.78, 5) is 23.3. The smallest absolute Gasteiger partial charge is 0.338 e. The molecule has 1 aliphatic heterocycles. The molecule has 1 rings (SSSR count). The summed E-state index contributed by atoms with van der Waals surface area (Å²) in [5.41, 5.74) is -1.62. The molecule has 98 valence electrons. The molecule has 5 heteroatoms. The molecule has 17 heavy (non-hydrogen) atoms. The number of carbonyl (C=O) groups excluding carboxylic acids is 2. The van der Waals surface area contributed by atoms with Crippen LogP contribution in [0.15, 0.2) is 0 Å². The summed E-state index contributed by atoms with van der Waals surface area (Å²) in [6.45, 7) is 3.81. The van der Waals surface area contributed by atoms with Gasteiger partial charge in [0.2, 0.25) is 0 Å². The normalized spacial score (nSPS) is 27.3. The number of esters is 2. The van der Waals surface area contributed by atoms with E-state index >= 15 is 0 Å². The maximum absolute atomic E-state index is 11.9. The van der Waals surface area contributed by atoms with Gasteiger partial charge in [-0.3, -0.25) is 4.79 Å². The van der Waals surface area contributed by atoms with Crippen LogP contribution in [0.3, 0.4) is 0 Å². The second-order valence-corrected chi connectivity index (χ2v) is 4.95. The quantitative estimate of drug-likeness (QED) is 0.703. The van der Waals surface area contributed by atoms with Crippen LogP contribution in [0, 0.1) is 0 Å². The number of methoxy groups -OCH3 is 2. The summed E-state index contributed by atoms with van der Waals surface area (Å²) in [5.74, 6) is -0.969. The van der Waals surface area contributed by atoms with E-state index in [1.807, 2.05) is 13.8 Å². The predicted molar refractivity (Wildman–Crippen MR) is 60.4 cm³/mol. The summed E-state index contributed by atoms with van der Waals surface area (Å²) >= 11 is 0. The summed E-state index contributed by atoms with van der Waals surface area (Å²) < 4.78 is 15.2. The largest absolute Gasteiger partial charge is 0.469 e. The molecule has 0 aromatic heterocycles. The number of rotatable bonds is 3. The van der Waals surface area contributed by atoms with Gasteiger partial charge in [-0.25, -0.2) is 4.79 Å². The minimum absolute atomic E-state index is 0.0976. The van der Waals surface area contributed by atoms with Crippen molar-refractivity contribution in [3.05, 3.63) is 0 Å². The van der Waals surface area contributed by atoms with Crippen LogP contribution in [0.4, 0.5) is 0 Å². The highest BCUT2D eigenvalue weighted by Crippen LogP contribution is 2.38. The van der Waals surface area contributed by atoms with Crippen molar-refractivity contribution < 1.29 is 23.8 Å². The molecule has 1 fully saturated rings. The molecule has 1 aliphatic rings. The monoisotopic (exact) mass is 244 g/mol. The fourth-order valence-corrected chi connectivity index (χ4v) is 2.26. The fraction of sp³-hybridized carbons (Fsp3) is 0.833. The molecule has 0 aliphatic carbocycles. The predicted octanol–water partition coefficient (Wildman–Crippen LogP) is 1.44. The average Bonchev–Trinajstić information content (AvgIpc) is 2.26. The Balaban J connectivity index is 2.93. The fourth-order valence-electron chi connectivity index (χ4n) is 2.26. The van der Waals surface area contributed by atoms with Crippen molar-refractivity contribution in [1.82, 2.24) is 0 Å². The number of ether oxygens (including phenoxy) is 3. The Bertz CT molecular complexity index is 310. The molecular weight excluding hydrogens is 224 g/mol. The first kappa shape index (κ1) is 14.0. The van der Waals surface area contributed by atoms with Gasteiger partial charge in [0.25, 0.3) is 0 Å². The van der Waals surface area contributed by atoms with Crippen LogP contribution < -0.4 is 0 Å². The van der Waals surface area contributed by atoms with Crippen LogP contribution in [-0.2, 0) is 23.8 Å². The second kappa shape index (κ2) is 5.04. The Morgan fingerprint density at radius 1 is 1.18 bits per heavy atom. The van der Waals surface area contributed by atoms with E-state index in [2.05, 4.69) is 4.74 Å². The van der Waals surface area contributed by atoms with Gasteiger partial charge in [0.15, 0.2) is 5.60 Å². The van der Waals surface area contributed by atoms with Crippen LogP contribution in [0.5, 0.6) is 0 Å². The summed E-state index contributed by atoms with van der Waals surface area (Å²) in [6, 6.07) is 0. The number of carbonyl (C=O) groups is 2. The Labute approximate surface area is 101 Å². The molecular formula is C12H20O5. The van der Waals surface area contributed by atoms with Gasteiger partial charge >= 0.3 is 11.9 Å². The zero-order valence-electron chi connectivity index (χ0n) is 10.9. The van der Waals surface area contributed by atoms with Crippen molar-refractivity contribution in [3.8, 4) is 0 Å². The van der Waals surface area contributed by atoms with Gasteiger partial charge in [0, 0.05) is 0 Å². The molecule has 0 aromatic carbocycles. The lowest BCUT2D eigenvalue weighted by molar-refractivity contribution is -0.210. The SMILES string of the molecule is COC(=O)CC1(C(=O)OC)CCCC(C)(C)O1. The molecule has 5 nitrogen and oxygen atoms in total. The molecule has 1 saturated heterocycles. The first-order valence-electron chi connectivity index (χ1n) is 5.71. The van der Waals surface area contributed by atoms with Gasteiger partial charge in [0.05, 0.1) is 26.2 Å². The zero-order valence-corrected chi connectivity index (χ0v) is 10.9. The summed E-state index contributed by atoms with van der Waals surface area (Å²) in [6.07, 6.45) is 2.06. The number of hydrogen-bond acceptors (Lipinski definition) is 5. The molecule has 0 aromatic rings. The van der Waals surface area contributed by atoms with E-state index in [9.17, 15) is 9.59 Å². The maximum atomic E-state index is 11.9. The minimum atomic E-state index is -1.19. The highest BCUT2D eigenvalue weighted by atomic mass is 16.6. The first-order chi connectivity index (χ1) is 7.85. The van der Waals surface area contributed by atoms with Gasteiger partial charge in [-0.05, 0) is 33.1 Å². The molecule has 0 radical (unpaired) electrons. The van der Waals surface area contributed by atoms with Crippen LogP contribution in [0.1, 0.15) is 39.5 Å². The highest BCUT2D eigenvalue weighted by Gasteiger charge is 2.49. The van der Waals surface area contributed by atoms with E-state index in [0.29, 0.717) is 6.42 Å². The van der Waals surface area contributed by atoms with Crippen molar-refractivity contribution in [2.45, 2.75) is 50.7 Å². The van der Waals surface area contributed by atoms with Gasteiger partial charge in [-0.1, -0.05) is 0 Å². The van der Waals surface area contributed by atoms with E-state index in [0.717, 1.165) is 12.8 Å². The third-order valence-corrected chi connectivity index (χ3v) is 3.05. The maximum Gasteiger partial charge on any atom is 0.338 e. The zero-order chi connectivity index (χ0) is 13.1. The molecule has 0 N–H and O–H groups in total. The number of hydrogen-bond donors (Lipinski definition) is 0. The third-order valence-electron chi connectivity index (χ3n) is 3.05. The highest BCUT2D eigenvalue weighted by molar-refractivity contribution is 5.86. The van der Waals surface area contributed by atoms with Gasteiger partial charge < -0.3 is 14.2 Å². The minimum Gasteiger partial charge on any atom is -0.469 e. The third kappa shape index (κ3) is 3.19. The molecule has 0 bridgehead atoms. The molecule has 1 unspecified atom stereocenters. The van der Waals surface area contributed by atoms with E-state index in [4.69, 9.17) is 9.47 Å². The van der Waals surface area contributed by atoms with Crippen LogP contribution in [-0.4, -0.2) is 37.4 Å². The van der Waals surface area contributed by atoms with E-state index in [1.165, 1.54) is 14.2 Å². The lowest BCUT2D eigenvalue weighted by Crippen LogP contribution is -2.52. The molecule has 0 amide bonds. The lowest BCUT2D eigenvalue weighted by atomic mass is 9.84. The van der Waals surface area contributed by atoms with Crippen LogP contribution >= 0.6 is 0 Å². The summed E-state index contributed by atoms with van der Waals surface area (Å²) in [7, 11) is 2.59. The Morgan fingerprint density at radius 3 is 2.29 bits per heavy atom. The first-order valence-corrected chi connectivity index (χ1v) is 5.71. The topological polar surface area (TPSA) is 61.8 Å². The van der Waals surface area contributed by atoms with Crippen molar-refractivity contribution in [3.63, 3.8) is 0 Å². The van der Waals surface area contributed by atoms with Crippen LogP contribution in [0.2, 0.25) is 0 Å². The Hall–Kier alpha value is -1.10.